The summed E-state index contributed by atoms with van der Waals surface area (Å²) < 4.78 is 40.0. The van der Waals surface area contributed by atoms with Crippen molar-refractivity contribution in [2.24, 2.45) is 0 Å². The van der Waals surface area contributed by atoms with E-state index >= 15 is 0 Å². The molecule has 0 unspecified atom stereocenters. The third kappa shape index (κ3) is 3.91. The summed E-state index contributed by atoms with van der Waals surface area (Å²) in [5.74, 6) is -0.787. The lowest BCUT2D eigenvalue weighted by atomic mass is 10.1. The van der Waals surface area contributed by atoms with Gasteiger partial charge in [-0.1, -0.05) is 42.5 Å². The fraction of sp³-hybridized carbons (Fsp3) is 0.250. The first kappa shape index (κ1) is 16.6. The molecule has 0 aliphatic rings. The number of aliphatic hydroxyl groups is 1. The predicted octanol–water partition coefficient (Wildman–Crippen LogP) is 2.05. The van der Waals surface area contributed by atoms with Crippen molar-refractivity contribution in [3.05, 3.63) is 66.0 Å². The van der Waals surface area contributed by atoms with E-state index in [1.54, 1.807) is 0 Å². The normalized spacial score (nSPS) is 11.8. The molecular weight excluding hydrogens is 305 g/mol. The first-order valence-electron chi connectivity index (χ1n) is 6.95. The third-order valence-electron chi connectivity index (χ3n) is 3.30. The number of hydrogen-bond acceptors (Lipinski definition) is 3. The quantitative estimate of drug-likeness (QED) is 0.848. The van der Waals surface area contributed by atoms with Gasteiger partial charge in [0.05, 0.1) is 6.61 Å². The Bertz CT molecular complexity index is 704. The SMILES string of the molecule is O=S(=O)(c1ccccc1F)N(CCO)CCc1ccccc1. The van der Waals surface area contributed by atoms with Gasteiger partial charge in [0.1, 0.15) is 10.7 Å². The van der Waals surface area contributed by atoms with Crippen LogP contribution in [0.4, 0.5) is 4.39 Å². The number of hydrogen-bond donors (Lipinski definition) is 1. The molecule has 0 bridgehead atoms. The molecule has 0 spiro atoms. The van der Waals surface area contributed by atoms with Gasteiger partial charge >= 0.3 is 0 Å². The predicted molar refractivity (Wildman–Crippen MR) is 82.4 cm³/mol. The Morgan fingerprint density at radius 3 is 2.23 bits per heavy atom. The number of rotatable bonds is 7. The second-order valence-corrected chi connectivity index (χ2v) is 6.70. The number of sulfonamides is 1. The lowest BCUT2D eigenvalue weighted by Crippen LogP contribution is -2.35. The molecule has 0 aliphatic heterocycles. The van der Waals surface area contributed by atoms with Crippen molar-refractivity contribution < 1.29 is 17.9 Å². The van der Waals surface area contributed by atoms with Gasteiger partial charge in [-0.3, -0.25) is 0 Å². The van der Waals surface area contributed by atoms with Crippen LogP contribution in [0.3, 0.4) is 0 Å². The molecule has 2 aromatic carbocycles. The van der Waals surface area contributed by atoms with Crippen molar-refractivity contribution in [3.63, 3.8) is 0 Å². The molecule has 0 aromatic heterocycles. The van der Waals surface area contributed by atoms with Crippen molar-refractivity contribution in [1.29, 1.82) is 0 Å². The van der Waals surface area contributed by atoms with E-state index in [1.807, 2.05) is 30.3 Å². The van der Waals surface area contributed by atoms with E-state index < -0.39 is 15.8 Å². The lowest BCUT2D eigenvalue weighted by Gasteiger charge is -2.21. The lowest BCUT2D eigenvalue weighted by molar-refractivity contribution is 0.254. The van der Waals surface area contributed by atoms with Gasteiger partial charge in [0.15, 0.2) is 0 Å². The van der Waals surface area contributed by atoms with E-state index in [0.717, 1.165) is 15.9 Å². The molecule has 22 heavy (non-hydrogen) atoms. The zero-order chi connectivity index (χ0) is 16.0. The molecule has 2 aromatic rings. The highest BCUT2D eigenvalue weighted by molar-refractivity contribution is 7.89. The number of nitrogens with zero attached hydrogens (tertiary/aromatic N) is 1. The monoisotopic (exact) mass is 323 g/mol. The Labute approximate surface area is 129 Å². The van der Waals surface area contributed by atoms with Crippen LogP contribution in [-0.4, -0.2) is 37.5 Å². The van der Waals surface area contributed by atoms with E-state index in [1.165, 1.54) is 18.2 Å². The molecule has 0 saturated carbocycles. The van der Waals surface area contributed by atoms with Crippen LogP contribution in [0.15, 0.2) is 59.5 Å². The van der Waals surface area contributed by atoms with Gasteiger partial charge in [-0.25, -0.2) is 12.8 Å². The molecule has 1 N–H and O–H groups in total. The topological polar surface area (TPSA) is 57.6 Å². The molecule has 0 fully saturated rings. The summed E-state index contributed by atoms with van der Waals surface area (Å²) in [6.07, 6.45) is 0.495. The van der Waals surface area contributed by atoms with Gasteiger partial charge in [0.25, 0.3) is 0 Å². The number of benzene rings is 2. The van der Waals surface area contributed by atoms with Gasteiger partial charge in [0, 0.05) is 13.1 Å². The maximum absolute atomic E-state index is 13.8. The van der Waals surface area contributed by atoms with Gasteiger partial charge in [-0.15, -0.1) is 0 Å². The Morgan fingerprint density at radius 1 is 0.955 bits per heavy atom. The summed E-state index contributed by atoms with van der Waals surface area (Å²) in [4.78, 5) is -0.364. The molecule has 0 amide bonds. The Balaban J connectivity index is 2.21. The standard InChI is InChI=1S/C16H18FNO3S/c17-15-8-4-5-9-16(15)22(20,21)18(12-13-19)11-10-14-6-2-1-3-7-14/h1-9,19H,10-13H2. The summed E-state index contributed by atoms with van der Waals surface area (Å²) in [7, 11) is -3.97. The summed E-state index contributed by atoms with van der Waals surface area (Å²) in [6.45, 7) is -0.201. The second-order valence-electron chi connectivity index (χ2n) is 4.79. The third-order valence-corrected chi connectivity index (χ3v) is 5.23. The first-order chi connectivity index (χ1) is 10.6. The van der Waals surface area contributed by atoms with E-state index in [2.05, 4.69) is 0 Å². The largest absolute Gasteiger partial charge is 0.395 e. The molecule has 6 heteroatoms. The van der Waals surface area contributed by atoms with Gasteiger partial charge in [0.2, 0.25) is 10.0 Å². The van der Waals surface area contributed by atoms with Crippen molar-refractivity contribution >= 4 is 10.0 Å². The smallest absolute Gasteiger partial charge is 0.246 e. The molecule has 0 saturated heterocycles. The highest BCUT2D eigenvalue weighted by atomic mass is 32.2. The first-order valence-corrected chi connectivity index (χ1v) is 8.39. The van der Waals surface area contributed by atoms with E-state index in [-0.39, 0.29) is 24.6 Å². The maximum Gasteiger partial charge on any atom is 0.246 e. The second kappa shape index (κ2) is 7.49. The fourth-order valence-corrected chi connectivity index (χ4v) is 3.65. The molecule has 4 nitrogen and oxygen atoms in total. The van der Waals surface area contributed by atoms with E-state index in [9.17, 15) is 12.8 Å². The van der Waals surface area contributed by atoms with Crippen LogP contribution in [0.5, 0.6) is 0 Å². The van der Waals surface area contributed by atoms with E-state index in [0.29, 0.717) is 6.42 Å². The van der Waals surface area contributed by atoms with Crippen molar-refractivity contribution in [1.82, 2.24) is 4.31 Å². The minimum absolute atomic E-state index is 0.0660. The van der Waals surface area contributed by atoms with Crippen LogP contribution in [0.1, 0.15) is 5.56 Å². The van der Waals surface area contributed by atoms with Crippen LogP contribution in [0, 0.1) is 5.82 Å². The van der Waals surface area contributed by atoms with Crippen LogP contribution in [0.2, 0.25) is 0 Å². The molecule has 0 radical (unpaired) electrons. The molecule has 0 aliphatic carbocycles. The summed E-state index contributed by atoms with van der Waals surface area (Å²) in [6, 6.07) is 14.7. The van der Waals surface area contributed by atoms with Crippen LogP contribution >= 0.6 is 0 Å². The van der Waals surface area contributed by atoms with E-state index in [4.69, 9.17) is 5.11 Å². The molecule has 118 valence electrons. The van der Waals surface area contributed by atoms with Crippen molar-refractivity contribution in [2.45, 2.75) is 11.3 Å². The average Bonchev–Trinajstić information content (AvgIpc) is 2.52. The van der Waals surface area contributed by atoms with Gasteiger partial charge in [-0.2, -0.15) is 4.31 Å². The summed E-state index contributed by atoms with van der Waals surface area (Å²) >= 11 is 0. The minimum Gasteiger partial charge on any atom is -0.395 e. The van der Waals surface area contributed by atoms with Crippen molar-refractivity contribution in [3.8, 4) is 0 Å². The van der Waals surface area contributed by atoms with Crippen LogP contribution < -0.4 is 0 Å². The Morgan fingerprint density at radius 2 is 1.59 bits per heavy atom. The van der Waals surface area contributed by atoms with Gasteiger partial charge < -0.3 is 5.11 Å². The zero-order valence-electron chi connectivity index (χ0n) is 12.0. The highest BCUT2D eigenvalue weighted by Crippen LogP contribution is 2.19. The average molecular weight is 323 g/mol. The molecular formula is C16H18FNO3S. The number of aliphatic hydroxyl groups excluding tert-OH is 1. The van der Waals surface area contributed by atoms with Crippen molar-refractivity contribution in [2.75, 3.05) is 19.7 Å². The fourth-order valence-electron chi connectivity index (χ4n) is 2.16. The highest BCUT2D eigenvalue weighted by Gasteiger charge is 2.26. The Hall–Kier alpha value is -1.76. The summed E-state index contributed by atoms with van der Waals surface area (Å²) in [5, 5.41) is 9.11. The number of halogens is 1. The van der Waals surface area contributed by atoms with Gasteiger partial charge in [-0.05, 0) is 24.1 Å². The summed E-state index contributed by atoms with van der Waals surface area (Å²) in [5.41, 5.74) is 0.981. The zero-order valence-corrected chi connectivity index (χ0v) is 12.8. The molecule has 0 atom stereocenters. The molecule has 0 heterocycles. The molecule has 2 rings (SSSR count). The Kier molecular flexibility index (Phi) is 5.65. The van der Waals surface area contributed by atoms with Crippen LogP contribution in [-0.2, 0) is 16.4 Å². The minimum atomic E-state index is -3.97. The van der Waals surface area contributed by atoms with Crippen LogP contribution in [0.25, 0.3) is 0 Å². The maximum atomic E-state index is 13.8.